The van der Waals surface area contributed by atoms with Crippen LogP contribution in [0, 0.1) is 90.0 Å². The molecule has 4 aromatic carbocycles. The number of nitrogens with zero attached hydrogens (tertiary/aromatic N) is 1. The van der Waals surface area contributed by atoms with Gasteiger partial charge in [-0.1, -0.05) is 0 Å². The summed E-state index contributed by atoms with van der Waals surface area (Å²) in [5.41, 5.74) is 29.3. The number of benzene rings is 4. The second kappa shape index (κ2) is 7.45. The molecule has 0 spiro atoms. The fraction of sp³-hybridized carbons (Fsp3) is 0.368. The zero-order valence-electron chi connectivity index (χ0n) is 26.2. The molecule has 1 heteroatoms. The summed E-state index contributed by atoms with van der Waals surface area (Å²) < 4.78 is 2.70. The minimum absolute atomic E-state index is 1.05. The predicted molar refractivity (Wildman–Crippen MR) is 171 cm³/mol. The van der Waals surface area contributed by atoms with E-state index in [-0.39, 0.29) is 0 Å². The lowest BCUT2D eigenvalue weighted by Crippen LogP contribution is -1.99. The van der Waals surface area contributed by atoms with Crippen molar-refractivity contribution in [3.8, 4) is 11.1 Å². The summed E-state index contributed by atoms with van der Waals surface area (Å²) in [6.07, 6.45) is 1.05. The van der Waals surface area contributed by atoms with Crippen LogP contribution in [0.3, 0.4) is 0 Å². The highest BCUT2D eigenvalue weighted by Crippen LogP contribution is 2.53. The van der Waals surface area contributed by atoms with E-state index in [0.29, 0.717) is 0 Å². The van der Waals surface area contributed by atoms with E-state index in [1.54, 1.807) is 11.1 Å². The number of hydrogen-bond acceptors (Lipinski definition) is 0. The molecule has 1 nitrogen and oxygen atoms in total. The molecule has 0 fully saturated rings. The minimum Gasteiger partial charge on any atom is -0.307 e. The van der Waals surface area contributed by atoms with Gasteiger partial charge in [0.25, 0.3) is 0 Å². The summed E-state index contributed by atoms with van der Waals surface area (Å²) in [6.45, 7) is 30.5. The zero-order chi connectivity index (χ0) is 28.1. The quantitative estimate of drug-likeness (QED) is 0.191. The third kappa shape index (κ3) is 2.54. The van der Waals surface area contributed by atoms with Crippen molar-refractivity contribution in [3.63, 3.8) is 0 Å². The van der Waals surface area contributed by atoms with Crippen LogP contribution in [-0.2, 0) is 6.42 Å². The van der Waals surface area contributed by atoms with Crippen LogP contribution in [0.15, 0.2) is 0 Å². The molecule has 7 rings (SSSR count). The molecule has 6 aromatic rings. The van der Waals surface area contributed by atoms with Gasteiger partial charge in [0.2, 0.25) is 0 Å². The molecule has 0 aliphatic heterocycles. The zero-order valence-corrected chi connectivity index (χ0v) is 26.2. The van der Waals surface area contributed by atoms with E-state index >= 15 is 0 Å². The summed E-state index contributed by atoms with van der Waals surface area (Å²) in [7, 11) is 0. The Morgan fingerprint density at radius 3 is 1.26 bits per heavy atom. The first-order chi connectivity index (χ1) is 18.3. The van der Waals surface area contributed by atoms with E-state index in [4.69, 9.17) is 0 Å². The van der Waals surface area contributed by atoms with Crippen LogP contribution in [-0.4, -0.2) is 4.40 Å². The van der Waals surface area contributed by atoms with Gasteiger partial charge in [-0.25, -0.2) is 0 Å². The van der Waals surface area contributed by atoms with Crippen molar-refractivity contribution in [1.29, 1.82) is 0 Å². The molecule has 0 amide bonds. The van der Waals surface area contributed by atoms with Crippen LogP contribution >= 0.6 is 0 Å². The number of aromatic nitrogens is 1. The Bertz CT molecular complexity index is 2140. The largest absolute Gasteiger partial charge is 0.307 e. The lowest BCUT2D eigenvalue weighted by Gasteiger charge is -2.18. The summed E-state index contributed by atoms with van der Waals surface area (Å²) >= 11 is 0. The molecule has 2 aromatic heterocycles. The van der Waals surface area contributed by atoms with Crippen LogP contribution in [0.1, 0.15) is 83.5 Å². The van der Waals surface area contributed by atoms with Crippen molar-refractivity contribution in [2.24, 2.45) is 0 Å². The Morgan fingerprint density at radius 1 is 0.308 bits per heavy atom. The summed E-state index contributed by atoms with van der Waals surface area (Å²) in [4.78, 5) is 0. The molecular weight excluding hydrogens is 470 g/mol. The molecule has 0 unspecified atom stereocenters. The molecule has 0 bridgehead atoms. The van der Waals surface area contributed by atoms with Crippen molar-refractivity contribution < 1.29 is 0 Å². The third-order valence-corrected chi connectivity index (χ3v) is 11.7. The fourth-order valence-electron chi connectivity index (χ4n) is 8.50. The maximum Gasteiger partial charge on any atom is 0.0626 e. The third-order valence-electron chi connectivity index (χ3n) is 11.7. The summed E-state index contributed by atoms with van der Waals surface area (Å²) in [5.74, 6) is 0. The minimum atomic E-state index is 1.05. The van der Waals surface area contributed by atoms with Crippen molar-refractivity contribution >= 4 is 38.1 Å². The molecule has 0 N–H and O–H groups in total. The van der Waals surface area contributed by atoms with Gasteiger partial charge in [0.1, 0.15) is 0 Å². The van der Waals surface area contributed by atoms with Gasteiger partial charge < -0.3 is 4.40 Å². The van der Waals surface area contributed by atoms with Crippen molar-refractivity contribution in [2.75, 3.05) is 0 Å². The monoisotopic (exact) mass is 511 g/mol. The van der Waals surface area contributed by atoms with E-state index in [0.717, 1.165) is 6.42 Å². The van der Waals surface area contributed by atoms with Gasteiger partial charge in [-0.3, -0.25) is 0 Å². The van der Waals surface area contributed by atoms with Crippen LogP contribution in [0.25, 0.3) is 49.2 Å². The number of hydrogen-bond donors (Lipinski definition) is 0. The van der Waals surface area contributed by atoms with Crippen molar-refractivity contribution in [3.05, 3.63) is 83.5 Å². The van der Waals surface area contributed by atoms with Gasteiger partial charge in [-0.05, 0) is 191 Å². The Hall–Kier alpha value is -3.32. The Balaban J connectivity index is 1.86. The van der Waals surface area contributed by atoms with Crippen molar-refractivity contribution in [2.45, 2.75) is 96.4 Å². The highest BCUT2D eigenvalue weighted by atomic mass is 14.9. The molecule has 0 atom stereocenters. The molecular formula is C38H41N. The van der Waals surface area contributed by atoms with E-state index < -0.39 is 0 Å². The van der Waals surface area contributed by atoms with E-state index in [1.165, 1.54) is 122 Å². The van der Waals surface area contributed by atoms with Crippen molar-refractivity contribution in [1.82, 2.24) is 4.40 Å². The van der Waals surface area contributed by atoms with Crippen LogP contribution in [0.5, 0.6) is 0 Å². The highest BCUT2D eigenvalue weighted by Gasteiger charge is 2.33. The predicted octanol–water partition coefficient (Wildman–Crippen LogP) is 10.4. The van der Waals surface area contributed by atoms with Gasteiger partial charge in [0, 0.05) is 21.5 Å². The smallest absolute Gasteiger partial charge is 0.0626 e. The van der Waals surface area contributed by atoms with Gasteiger partial charge >= 0.3 is 0 Å². The molecule has 0 saturated carbocycles. The van der Waals surface area contributed by atoms with Crippen LogP contribution in [0.2, 0.25) is 0 Å². The Morgan fingerprint density at radius 2 is 0.667 bits per heavy atom. The van der Waals surface area contributed by atoms with Gasteiger partial charge in [0.05, 0.1) is 16.6 Å². The molecule has 0 radical (unpaired) electrons. The second-order valence-corrected chi connectivity index (χ2v) is 12.9. The number of aryl methyl sites for hydroxylation is 6. The van der Waals surface area contributed by atoms with Gasteiger partial charge in [-0.2, -0.15) is 0 Å². The highest BCUT2D eigenvalue weighted by molar-refractivity contribution is 6.28. The van der Waals surface area contributed by atoms with E-state index in [2.05, 4.69) is 94.4 Å². The average molecular weight is 512 g/mol. The molecule has 198 valence electrons. The lowest BCUT2D eigenvalue weighted by atomic mass is 9.86. The van der Waals surface area contributed by atoms with E-state index in [9.17, 15) is 0 Å². The summed E-state index contributed by atoms with van der Waals surface area (Å²) in [6, 6.07) is 0. The van der Waals surface area contributed by atoms with Crippen LogP contribution in [0.4, 0.5) is 0 Å². The summed E-state index contributed by atoms with van der Waals surface area (Å²) in [5, 5.41) is 5.91. The molecule has 2 heterocycles. The molecule has 1 aliphatic rings. The molecule has 1 aliphatic carbocycles. The number of rotatable bonds is 0. The molecule has 0 saturated heterocycles. The topological polar surface area (TPSA) is 4.41 Å². The Kier molecular flexibility index (Phi) is 4.72. The maximum atomic E-state index is 2.70. The Labute approximate surface area is 233 Å². The van der Waals surface area contributed by atoms with Gasteiger partial charge in [0.15, 0.2) is 0 Å². The average Bonchev–Trinajstić information content (AvgIpc) is 3.58. The lowest BCUT2D eigenvalue weighted by molar-refractivity contribution is 1.14. The second-order valence-electron chi connectivity index (χ2n) is 12.9. The fourth-order valence-corrected chi connectivity index (χ4v) is 8.50. The maximum absolute atomic E-state index is 2.70. The standard InChI is InChI=1S/C38H41N/c1-15-16(2)21(7)30-28(20(15)6)14-29-26(12)35-34-24(10)19(5)23(9)33-32-22(8)17(3)18(4)25(11)36(32)39(38(33)34)37(35)27(13)31(29)30/h14H2,1-13H3. The van der Waals surface area contributed by atoms with Gasteiger partial charge in [-0.15, -0.1) is 0 Å². The first-order valence-corrected chi connectivity index (χ1v) is 14.6. The first kappa shape index (κ1) is 24.7. The molecule has 39 heavy (non-hydrogen) atoms. The first-order valence-electron chi connectivity index (χ1n) is 14.6. The SMILES string of the molecule is Cc1c(C)c(C)c2c(c1C)Cc1c-2c(C)c2c(c1C)c1c(C)c(C)c(C)c3c4c(C)c(C)c(C)c(C)c4n2c31. The van der Waals surface area contributed by atoms with Crippen LogP contribution < -0.4 is 0 Å². The normalized spacial score (nSPS) is 13.2. The van der Waals surface area contributed by atoms with E-state index in [1.807, 2.05) is 0 Å². The number of fused-ring (bicyclic) bond motifs is 9.